The monoisotopic (exact) mass is 240 g/mol. The zero-order valence-electron chi connectivity index (χ0n) is 9.64. The number of hydrogen-bond donors (Lipinski definition) is 0. The molecular weight excluding hydrogens is 227 g/mol. The van der Waals surface area contributed by atoms with Gasteiger partial charge >= 0.3 is 5.97 Å². The number of carbonyl (C=O) groups excluding carboxylic acids is 2. The molecule has 1 aromatic heterocycles. The minimum atomic E-state index is -0.854. The van der Waals surface area contributed by atoms with Gasteiger partial charge in [0.05, 0.1) is 12.2 Å². The molecule has 0 aliphatic carbocycles. The smallest absolute Gasteiger partial charge is 0.325 e. The van der Waals surface area contributed by atoms with Gasteiger partial charge in [0.15, 0.2) is 0 Å². The number of ether oxygens (including phenoxy) is 1. The number of nitrogens with zero attached hydrogens (tertiary/aromatic N) is 2. The Bertz CT molecular complexity index is 423. The molecule has 1 aromatic rings. The van der Waals surface area contributed by atoms with Gasteiger partial charge in [-0.25, -0.2) is 4.98 Å². The molecule has 0 N–H and O–H groups in total. The van der Waals surface area contributed by atoms with Crippen molar-refractivity contribution in [1.82, 2.24) is 9.88 Å². The number of carbonyl (C=O) groups is 2. The molecule has 0 atom stereocenters. The maximum absolute atomic E-state index is 13.2. The van der Waals surface area contributed by atoms with Gasteiger partial charge in [0.25, 0.3) is 5.91 Å². The van der Waals surface area contributed by atoms with E-state index in [0.717, 1.165) is 4.90 Å². The molecule has 0 aromatic carbocycles. The second-order valence-corrected chi connectivity index (χ2v) is 3.31. The first-order valence-corrected chi connectivity index (χ1v) is 5.07. The molecule has 0 radical (unpaired) electrons. The Hall–Kier alpha value is -1.98. The van der Waals surface area contributed by atoms with Crippen molar-refractivity contribution in [2.45, 2.75) is 6.92 Å². The van der Waals surface area contributed by atoms with Crippen LogP contribution in [0.15, 0.2) is 18.3 Å². The van der Waals surface area contributed by atoms with Crippen molar-refractivity contribution in [1.29, 1.82) is 0 Å². The summed E-state index contributed by atoms with van der Waals surface area (Å²) in [5.41, 5.74) is -0.167. The fourth-order valence-corrected chi connectivity index (χ4v) is 1.22. The molecular formula is C11H13FN2O3. The zero-order chi connectivity index (χ0) is 12.8. The van der Waals surface area contributed by atoms with Gasteiger partial charge in [-0.05, 0) is 19.1 Å². The van der Waals surface area contributed by atoms with Crippen molar-refractivity contribution in [2.75, 3.05) is 20.2 Å². The molecule has 17 heavy (non-hydrogen) atoms. The molecule has 1 rings (SSSR count). The Morgan fingerprint density at radius 2 is 2.24 bits per heavy atom. The summed E-state index contributed by atoms with van der Waals surface area (Å²) >= 11 is 0. The number of aromatic nitrogens is 1. The van der Waals surface area contributed by atoms with Gasteiger partial charge < -0.3 is 9.64 Å². The minimum Gasteiger partial charge on any atom is -0.465 e. The topological polar surface area (TPSA) is 59.5 Å². The Morgan fingerprint density at radius 1 is 1.53 bits per heavy atom. The van der Waals surface area contributed by atoms with Crippen LogP contribution >= 0.6 is 0 Å². The van der Waals surface area contributed by atoms with Crippen LogP contribution in [0.25, 0.3) is 0 Å². The van der Waals surface area contributed by atoms with E-state index < -0.39 is 17.8 Å². The third-order valence-corrected chi connectivity index (χ3v) is 2.01. The average molecular weight is 240 g/mol. The fourth-order valence-electron chi connectivity index (χ4n) is 1.22. The summed E-state index contributed by atoms with van der Waals surface area (Å²) in [6.45, 7) is 1.68. The third kappa shape index (κ3) is 3.51. The average Bonchev–Trinajstić information content (AvgIpc) is 2.29. The highest BCUT2D eigenvalue weighted by molar-refractivity contribution is 5.95. The lowest BCUT2D eigenvalue weighted by Gasteiger charge is -2.15. The van der Waals surface area contributed by atoms with Crippen LogP contribution in [0.2, 0.25) is 0 Å². The van der Waals surface area contributed by atoms with E-state index in [9.17, 15) is 14.0 Å². The molecule has 92 valence electrons. The van der Waals surface area contributed by atoms with E-state index in [4.69, 9.17) is 0 Å². The minimum absolute atomic E-state index is 0.167. The van der Waals surface area contributed by atoms with Crippen LogP contribution < -0.4 is 0 Å². The van der Waals surface area contributed by atoms with Crippen molar-refractivity contribution >= 4 is 11.9 Å². The number of hydrogen-bond acceptors (Lipinski definition) is 4. The van der Waals surface area contributed by atoms with E-state index in [1.54, 1.807) is 6.92 Å². The van der Waals surface area contributed by atoms with Crippen LogP contribution in [0, 0.1) is 5.95 Å². The summed E-state index contributed by atoms with van der Waals surface area (Å²) in [4.78, 5) is 27.3. The molecule has 0 unspecified atom stereocenters. The molecule has 0 spiro atoms. The van der Waals surface area contributed by atoms with Gasteiger partial charge in [-0.1, -0.05) is 0 Å². The molecule has 0 bridgehead atoms. The number of likely N-dealkylation sites (N-methyl/N-ethyl adjacent to an activating group) is 1. The first-order valence-electron chi connectivity index (χ1n) is 5.07. The molecule has 5 nitrogen and oxygen atoms in total. The van der Waals surface area contributed by atoms with Crippen LogP contribution in [-0.4, -0.2) is 42.0 Å². The molecule has 6 heteroatoms. The number of rotatable bonds is 4. The lowest BCUT2D eigenvalue weighted by molar-refractivity contribution is -0.143. The van der Waals surface area contributed by atoms with E-state index in [-0.39, 0.29) is 18.7 Å². The maximum atomic E-state index is 13.2. The first-order chi connectivity index (χ1) is 8.06. The lowest BCUT2D eigenvalue weighted by atomic mass is 10.2. The van der Waals surface area contributed by atoms with Crippen molar-refractivity contribution in [2.24, 2.45) is 0 Å². The molecule has 0 fully saturated rings. The normalized spacial score (nSPS) is 9.82. The standard InChI is InChI=1S/C11H13FN2O3/c1-3-17-9(15)7-14(2)11(16)8-5-4-6-13-10(8)12/h4-6H,3,7H2,1-2H3. The summed E-state index contributed by atoms with van der Waals surface area (Å²) < 4.78 is 17.9. The molecule has 0 saturated heterocycles. The number of halogens is 1. The van der Waals surface area contributed by atoms with Gasteiger partial charge in [0.2, 0.25) is 5.95 Å². The van der Waals surface area contributed by atoms with Gasteiger partial charge in [0, 0.05) is 13.2 Å². The van der Waals surface area contributed by atoms with Gasteiger partial charge in [-0.15, -0.1) is 0 Å². The summed E-state index contributed by atoms with van der Waals surface area (Å²) in [5.74, 6) is -2.00. The quantitative estimate of drug-likeness (QED) is 0.578. The number of amides is 1. The Morgan fingerprint density at radius 3 is 2.82 bits per heavy atom. The van der Waals surface area contributed by atoms with E-state index in [1.807, 2.05) is 0 Å². The SMILES string of the molecule is CCOC(=O)CN(C)C(=O)c1cccnc1F. The Kier molecular flexibility index (Phi) is 4.56. The highest BCUT2D eigenvalue weighted by Gasteiger charge is 2.18. The Balaban J connectivity index is 2.70. The van der Waals surface area contributed by atoms with Crippen LogP contribution in [0.1, 0.15) is 17.3 Å². The van der Waals surface area contributed by atoms with Gasteiger partial charge in [-0.2, -0.15) is 4.39 Å². The van der Waals surface area contributed by atoms with Crippen molar-refractivity contribution in [3.63, 3.8) is 0 Å². The Labute approximate surface area is 98.2 Å². The molecule has 1 heterocycles. The molecule has 0 saturated carbocycles. The van der Waals surface area contributed by atoms with Crippen LogP contribution in [0.4, 0.5) is 4.39 Å². The fraction of sp³-hybridized carbons (Fsp3) is 0.364. The highest BCUT2D eigenvalue weighted by Crippen LogP contribution is 2.06. The summed E-state index contributed by atoms with van der Waals surface area (Å²) in [5, 5.41) is 0. The van der Waals surface area contributed by atoms with Crippen LogP contribution in [0.3, 0.4) is 0 Å². The number of pyridine rings is 1. The van der Waals surface area contributed by atoms with Crippen LogP contribution in [0.5, 0.6) is 0 Å². The maximum Gasteiger partial charge on any atom is 0.325 e. The first kappa shape index (κ1) is 13.1. The van der Waals surface area contributed by atoms with Crippen molar-refractivity contribution in [3.05, 3.63) is 29.8 Å². The number of esters is 1. The van der Waals surface area contributed by atoms with E-state index in [0.29, 0.717) is 0 Å². The third-order valence-electron chi connectivity index (χ3n) is 2.01. The van der Waals surface area contributed by atoms with Crippen molar-refractivity contribution in [3.8, 4) is 0 Å². The summed E-state index contributed by atoms with van der Waals surface area (Å²) in [6, 6.07) is 2.76. The van der Waals surface area contributed by atoms with Crippen molar-refractivity contribution < 1.29 is 18.7 Å². The molecule has 1 amide bonds. The zero-order valence-corrected chi connectivity index (χ0v) is 9.64. The van der Waals surface area contributed by atoms with Gasteiger partial charge in [0.1, 0.15) is 6.54 Å². The predicted molar refractivity (Wildman–Crippen MR) is 57.8 cm³/mol. The van der Waals surface area contributed by atoms with E-state index >= 15 is 0 Å². The van der Waals surface area contributed by atoms with Crippen LogP contribution in [-0.2, 0) is 9.53 Å². The molecule has 0 aliphatic rings. The van der Waals surface area contributed by atoms with Gasteiger partial charge in [-0.3, -0.25) is 9.59 Å². The molecule has 0 aliphatic heterocycles. The largest absolute Gasteiger partial charge is 0.465 e. The summed E-state index contributed by atoms with van der Waals surface area (Å²) in [6.07, 6.45) is 1.25. The lowest BCUT2D eigenvalue weighted by Crippen LogP contribution is -2.33. The van der Waals surface area contributed by atoms with E-state index in [2.05, 4.69) is 9.72 Å². The second-order valence-electron chi connectivity index (χ2n) is 3.31. The highest BCUT2D eigenvalue weighted by atomic mass is 19.1. The second kappa shape index (κ2) is 5.93. The van der Waals surface area contributed by atoms with E-state index in [1.165, 1.54) is 25.4 Å². The predicted octanol–water partition coefficient (Wildman–Crippen LogP) is 0.856. The summed E-state index contributed by atoms with van der Waals surface area (Å²) in [7, 11) is 1.39.